The van der Waals surface area contributed by atoms with Crippen molar-refractivity contribution in [3.05, 3.63) is 53.6 Å². The van der Waals surface area contributed by atoms with Crippen molar-refractivity contribution in [2.75, 3.05) is 45.7 Å². The second-order valence-corrected chi connectivity index (χ2v) is 8.12. The number of methoxy groups -OCH3 is 1. The molecular formula is C21H23ClN4O2S. The minimum atomic E-state index is 0.696. The molecule has 1 aromatic heterocycles. The van der Waals surface area contributed by atoms with Crippen LogP contribution in [0.25, 0.3) is 17.1 Å². The van der Waals surface area contributed by atoms with Gasteiger partial charge in [-0.1, -0.05) is 35.5 Å². The van der Waals surface area contributed by atoms with Gasteiger partial charge >= 0.3 is 0 Å². The number of aromatic nitrogens is 3. The Kier molecular flexibility index (Phi) is 6.71. The molecule has 0 saturated carbocycles. The molecule has 1 aliphatic heterocycles. The Morgan fingerprint density at radius 3 is 2.59 bits per heavy atom. The van der Waals surface area contributed by atoms with Gasteiger partial charge in [0.2, 0.25) is 0 Å². The molecule has 4 rings (SSSR count). The van der Waals surface area contributed by atoms with Gasteiger partial charge < -0.3 is 9.47 Å². The number of hydrogen-bond donors (Lipinski definition) is 0. The lowest BCUT2D eigenvalue weighted by atomic mass is 10.2. The number of morpholine rings is 1. The number of para-hydroxylation sites is 1. The van der Waals surface area contributed by atoms with Gasteiger partial charge in [0.15, 0.2) is 11.0 Å². The standard InChI is InChI=1S/C21H23ClN4O2S/c1-27-19-5-3-2-4-18(19)20-23-24-21(26(20)17-8-6-16(22)7-9-17)29-15-12-25-10-13-28-14-11-25/h2-9H,10-15H2,1H3. The first-order chi connectivity index (χ1) is 14.3. The van der Waals surface area contributed by atoms with Crippen molar-refractivity contribution in [1.82, 2.24) is 19.7 Å². The third-order valence-corrected chi connectivity index (χ3v) is 5.97. The van der Waals surface area contributed by atoms with Gasteiger partial charge in [0.1, 0.15) is 5.75 Å². The van der Waals surface area contributed by atoms with Crippen LogP contribution in [0, 0.1) is 0 Å². The van der Waals surface area contributed by atoms with Crippen molar-refractivity contribution in [1.29, 1.82) is 0 Å². The molecule has 2 aromatic carbocycles. The van der Waals surface area contributed by atoms with E-state index < -0.39 is 0 Å². The SMILES string of the molecule is COc1ccccc1-c1nnc(SCCN2CCOCC2)n1-c1ccc(Cl)cc1. The number of nitrogens with zero attached hydrogens (tertiary/aromatic N) is 4. The van der Waals surface area contributed by atoms with E-state index in [1.165, 1.54) is 0 Å². The summed E-state index contributed by atoms with van der Waals surface area (Å²) in [6, 6.07) is 15.6. The summed E-state index contributed by atoms with van der Waals surface area (Å²) in [6.45, 7) is 4.58. The molecule has 29 heavy (non-hydrogen) atoms. The molecule has 0 unspecified atom stereocenters. The van der Waals surface area contributed by atoms with Crippen LogP contribution in [0.1, 0.15) is 0 Å². The first-order valence-corrected chi connectivity index (χ1v) is 10.9. The summed E-state index contributed by atoms with van der Waals surface area (Å²) in [5.41, 5.74) is 1.87. The van der Waals surface area contributed by atoms with Crippen LogP contribution in [-0.4, -0.2) is 65.4 Å². The summed E-state index contributed by atoms with van der Waals surface area (Å²) in [6.07, 6.45) is 0. The molecule has 152 valence electrons. The minimum absolute atomic E-state index is 0.696. The lowest BCUT2D eigenvalue weighted by Crippen LogP contribution is -2.37. The monoisotopic (exact) mass is 430 g/mol. The number of hydrogen-bond acceptors (Lipinski definition) is 6. The lowest BCUT2D eigenvalue weighted by molar-refractivity contribution is 0.0410. The van der Waals surface area contributed by atoms with E-state index in [0.29, 0.717) is 5.02 Å². The molecule has 0 aliphatic carbocycles. The van der Waals surface area contributed by atoms with Crippen molar-refractivity contribution >= 4 is 23.4 Å². The second-order valence-electron chi connectivity index (χ2n) is 6.62. The van der Waals surface area contributed by atoms with E-state index in [2.05, 4.69) is 19.7 Å². The Morgan fingerprint density at radius 1 is 1.07 bits per heavy atom. The van der Waals surface area contributed by atoms with E-state index >= 15 is 0 Å². The molecule has 8 heteroatoms. The summed E-state index contributed by atoms with van der Waals surface area (Å²) < 4.78 is 13.0. The minimum Gasteiger partial charge on any atom is -0.496 e. The third-order valence-electron chi connectivity index (χ3n) is 4.81. The summed E-state index contributed by atoms with van der Waals surface area (Å²) >= 11 is 7.81. The molecule has 1 fully saturated rings. The fourth-order valence-electron chi connectivity index (χ4n) is 3.28. The highest BCUT2D eigenvalue weighted by Crippen LogP contribution is 2.33. The highest BCUT2D eigenvalue weighted by molar-refractivity contribution is 7.99. The maximum Gasteiger partial charge on any atom is 0.196 e. The number of benzene rings is 2. The topological polar surface area (TPSA) is 52.4 Å². The van der Waals surface area contributed by atoms with Gasteiger partial charge in [0, 0.05) is 36.1 Å². The van der Waals surface area contributed by atoms with Gasteiger partial charge in [-0.2, -0.15) is 0 Å². The molecule has 0 bridgehead atoms. The summed E-state index contributed by atoms with van der Waals surface area (Å²) in [5.74, 6) is 2.44. The van der Waals surface area contributed by atoms with Crippen LogP contribution in [0.5, 0.6) is 5.75 Å². The molecule has 3 aromatic rings. The third kappa shape index (κ3) is 4.75. The van der Waals surface area contributed by atoms with E-state index in [1.807, 2.05) is 48.5 Å². The maximum absolute atomic E-state index is 6.11. The Bertz CT molecular complexity index is 942. The number of halogens is 1. The summed E-state index contributed by atoms with van der Waals surface area (Å²) in [7, 11) is 1.67. The Labute approximate surface area is 179 Å². The van der Waals surface area contributed by atoms with Crippen molar-refractivity contribution < 1.29 is 9.47 Å². The largest absolute Gasteiger partial charge is 0.496 e. The van der Waals surface area contributed by atoms with E-state index in [4.69, 9.17) is 21.1 Å². The molecule has 2 heterocycles. The zero-order chi connectivity index (χ0) is 20.1. The molecule has 1 saturated heterocycles. The van der Waals surface area contributed by atoms with Crippen LogP contribution in [0.3, 0.4) is 0 Å². The van der Waals surface area contributed by atoms with Crippen molar-refractivity contribution in [3.8, 4) is 22.8 Å². The quantitative estimate of drug-likeness (QED) is 0.528. The van der Waals surface area contributed by atoms with Crippen LogP contribution < -0.4 is 4.74 Å². The van der Waals surface area contributed by atoms with E-state index in [0.717, 1.165) is 66.6 Å². The fraction of sp³-hybridized carbons (Fsp3) is 0.333. The average molecular weight is 431 g/mol. The first kappa shape index (κ1) is 20.2. The molecule has 1 aliphatic rings. The Hall–Kier alpha value is -2.06. The highest BCUT2D eigenvalue weighted by atomic mass is 35.5. The van der Waals surface area contributed by atoms with Crippen LogP contribution in [0.2, 0.25) is 5.02 Å². The Morgan fingerprint density at radius 2 is 1.83 bits per heavy atom. The average Bonchev–Trinajstić information content (AvgIpc) is 3.18. The summed E-state index contributed by atoms with van der Waals surface area (Å²) in [4.78, 5) is 2.42. The van der Waals surface area contributed by atoms with Gasteiger partial charge in [-0.3, -0.25) is 9.47 Å². The zero-order valence-corrected chi connectivity index (χ0v) is 17.8. The first-order valence-electron chi connectivity index (χ1n) is 9.54. The number of rotatable bonds is 7. The van der Waals surface area contributed by atoms with Gasteiger partial charge in [-0.25, -0.2) is 0 Å². The number of ether oxygens (including phenoxy) is 2. The van der Waals surface area contributed by atoms with Gasteiger partial charge in [-0.15, -0.1) is 10.2 Å². The molecule has 0 spiro atoms. The normalized spacial score (nSPS) is 14.8. The zero-order valence-electron chi connectivity index (χ0n) is 16.3. The van der Waals surface area contributed by atoms with Crippen molar-refractivity contribution in [2.24, 2.45) is 0 Å². The molecular weight excluding hydrogens is 408 g/mol. The molecule has 6 nitrogen and oxygen atoms in total. The van der Waals surface area contributed by atoms with E-state index in [9.17, 15) is 0 Å². The predicted molar refractivity (Wildman–Crippen MR) is 116 cm³/mol. The van der Waals surface area contributed by atoms with Crippen LogP contribution in [0.15, 0.2) is 53.7 Å². The fourth-order valence-corrected chi connectivity index (χ4v) is 4.36. The van der Waals surface area contributed by atoms with Gasteiger partial charge in [0.05, 0.1) is 25.9 Å². The van der Waals surface area contributed by atoms with Crippen LogP contribution >= 0.6 is 23.4 Å². The lowest BCUT2D eigenvalue weighted by Gasteiger charge is -2.26. The van der Waals surface area contributed by atoms with Crippen molar-refractivity contribution in [3.63, 3.8) is 0 Å². The van der Waals surface area contributed by atoms with E-state index in [-0.39, 0.29) is 0 Å². The second kappa shape index (κ2) is 9.63. The van der Waals surface area contributed by atoms with Crippen LogP contribution in [0.4, 0.5) is 0 Å². The predicted octanol–water partition coefficient (Wildman–Crippen LogP) is 4.02. The Balaban J connectivity index is 1.64. The highest BCUT2D eigenvalue weighted by Gasteiger charge is 2.19. The maximum atomic E-state index is 6.11. The summed E-state index contributed by atoms with van der Waals surface area (Å²) in [5, 5.41) is 10.5. The van der Waals surface area contributed by atoms with Gasteiger partial charge in [-0.05, 0) is 36.4 Å². The van der Waals surface area contributed by atoms with Crippen molar-refractivity contribution in [2.45, 2.75) is 5.16 Å². The molecule has 0 radical (unpaired) electrons. The van der Waals surface area contributed by atoms with Crippen LogP contribution in [-0.2, 0) is 4.74 Å². The smallest absolute Gasteiger partial charge is 0.196 e. The molecule has 0 atom stereocenters. The molecule has 0 N–H and O–H groups in total. The van der Waals surface area contributed by atoms with E-state index in [1.54, 1.807) is 18.9 Å². The molecule has 0 amide bonds. The van der Waals surface area contributed by atoms with Gasteiger partial charge in [0.25, 0.3) is 0 Å². The number of thioether (sulfide) groups is 1.